The van der Waals surface area contributed by atoms with E-state index in [1.54, 1.807) is 6.92 Å². The van der Waals surface area contributed by atoms with E-state index in [4.69, 9.17) is 4.74 Å². The molecule has 0 atom stereocenters. The van der Waals surface area contributed by atoms with Crippen LogP contribution in [0.2, 0.25) is 0 Å². The number of halogens is 2. The van der Waals surface area contributed by atoms with Crippen LogP contribution in [0.25, 0.3) is 10.9 Å². The van der Waals surface area contributed by atoms with Gasteiger partial charge in [-0.3, -0.25) is 14.2 Å². The number of amides is 1. The zero-order valence-electron chi connectivity index (χ0n) is 15.1. The first-order valence-electron chi connectivity index (χ1n) is 8.25. The van der Waals surface area contributed by atoms with Gasteiger partial charge in [0.25, 0.3) is 5.91 Å². The largest absolute Gasteiger partial charge is 0.494 e. The van der Waals surface area contributed by atoms with Crippen LogP contribution in [0, 0.1) is 18.6 Å². The highest BCUT2D eigenvalue weighted by molar-refractivity contribution is 6.05. The van der Waals surface area contributed by atoms with Gasteiger partial charge in [-0.05, 0) is 42.8 Å². The highest BCUT2D eigenvalue weighted by atomic mass is 19.1. The normalized spacial score (nSPS) is 10.9. The quantitative estimate of drug-likeness (QED) is 0.765. The SMILES string of the molecule is CNC(=O)Cc1c(C)n(C(=O)c2ccc(F)cc2)c2cc(F)c(OC)cc12. The van der Waals surface area contributed by atoms with E-state index in [9.17, 15) is 18.4 Å². The second-order valence-corrected chi connectivity index (χ2v) is 6.07. The van der Waals surface area contributed by atoms with Gasteiger partial charge in [0.05, 0.1) is 19.0 Å². The Morgan fingerprint density at radius 2 is 1.81 bits per heavy atom. The molecule has 3 aromatic rings. The molecule has 0 radical (unpaired) electrons. The third kappa shape index (κ3) is 3.28. The predicted octanol–water partition coefficient (Wildman–Crippen LogP) is 3.21. The van der Waals surface area contributed by atoms with E-state index >= 15 is 0 Å². The highest BCUT2D eigenvalue weighted by Gasteiger charge is 2.23. The first-order chi connectivity index (χ1) is 12.9. The first-order valence-corrected chi connectivity index (χ1v) is 8.25. The van der Waals surface area contributed by atoms with Crippen molar-refractivity contribution in [1.82, 2.24) is 9.88 Å². The van der Waals surface area contributed by atoms with Gasteiger partial charge < -0.3 is 10.1 Å². The zero-order chi connectivity index (χ0) is 19.7. The number of rotatable bonds is 4. The van der Waals surface area contributed by atoms with Crippen LogP contribution in [0.1, 0.15) is 21.6 Å². The molecule has 0 aliphatic carbocycles. The van der Waals surface area contributed by atoms with Gasteiger partial charge in [-0.15, -0.1) is 0 Å². The van der Waals surface area contributed by atoms with E-state index in [1.165, 1.54) is 55.1 Å². The fourth-order valence-corrected chi connectivity index (χ4v) is 3.09. The molecule has 3 rings (SSSR count). The zero-order valence-corrected chi connectivity index (χ0v) is 15.1. The monoisotopic (exact) mass is 372 g/mol. The molecule has 0 saturated carbocycles. The van der Waals surface area contributed by atoms with Crippen molar-refractivity contribution in [1.29, 1.82) is 0 Å². The molecule has 0 bridgehead atoms. The van der Waals surface area contributed by atoms with Crippen molar-refractivity contribution in [2.75, 3.05) is 14.2 Å². The molecule has 5 nitrogen and oxygen atoms in total. The standard InChI is InChI=1S/C20H18F2N2O3/c1-11-14(9-19(25)23-2)15-8-18(27-3)16(22)10-17(15)24(11)20(26)12-4-6-13(21)7-5-12/h4-8,10H,9H2,1-3H3,(H,23,25). The predicted molar refractivity (Wildman–Crippen MR) is 97.1 cm³/mol. The number of nitrogens with zero attached hydrogens (tertiary/aromatic N) is 1. The summed E-state index contributed by atoms with van der Waals surface area (Å²) < 4.78 is 33.9. The molecule has 1 N–H and O–H groups in total. The Bertz CT molecular complexity index is 1040. The van der Waals surface area contributed by atoms with Crippen molar-refractivity contribution < 1.29 is 23.1 Å². The number of ether oxygens (including phenoxy) is 1. The molecule has 0 spiro atoms. The Labute approximate surface area is 154 Å². The number of hydrogen-bond acceptors (Lipinski definition) is 3. The Kier molecular flexibility index (Phi) is 4.94. The number of aromatic nitrogens is 1. The summed E-state index contributed by atoms with van der Waals surface area (Å²) >= 11 is 0. The van der Waals surface area contributed by atoms with Crippen LogP contribution in [0.5, 0.6) is 5.75 Å². The molecule has 0 unspecified atom stereocenters. The number of likely N-dealkylation sites (N-methyl/N-ethyl adjacent to an activating group) is 1. The summed E-state index contributed by atoms with van der Waals surface area (Å²) in [5.74, 6) is -1.74. The summed E-state index contributed by atoms with van der Waals surface area (Å²) in [5, 5.41) is 3.09. The minimum atomic E-state index is -0.623. The minimum Gasteiger partial charge on any atom is -0.494 e. The maximum absolute atomic E-state index is 14.3. The van der Waals surface area contributed by atoms with Crippen molar-refractivity contribution in [3.8, 4) is 5.75 Å². The minimum absolute atomic E-state index is 0.0204. The summed E-state index contributed by atoms with van der Waals surface area (Å²) in [6.45, 7) is 1.68. The second-order valence-electron chi connectivity index (χ2n) is 6.07. The Morgan fingerprint density at radius 3 is 2.41 bits per heavy atom. The van der Waals surface area contributed by atoms with Crippen molar-refractivity contribution in [2.45, 2.75) is 13.3 Å². The molecule has 27 heavy (non-hydrogen) atoms. The third-order valence-electron chi connectivity index (χ3n) is 4.52. The van der Waals surface area contributed by atoms with Crippen molar-refractivity contribution in [3.63, 3.8) is 0 Å². The van der Waals surface area contributed by atoms with Gasteiger partial charge in [0.2, 0.25) is 5.91 Å². The van der Waals surface area contributed by atoms with Gasteiger partial charge in [-0.2, -0.15) is 0 Å². The third-order valence-corrected chi connectivity index (χ3v) is 4.52. The maximum Gasteiger partial charge on any atom is 0.262 e. The molecule has 1 aromatic heterocycles. The molecular weight excluding hydrogens is 354 g/mol. The molecule has 0 fully saturated rings. The molecule has 2 aromatic carbocycles. The Hall–Kier alpha value is -3.22. The molecule has 7 heteroatoms. The van der Waals surface area contributed by atoms with E-state index in [-0.39, 0.29) is 23.6 Å². The molecule has 0 aliphatic rings. The molecule has 0 saturated heterocycles. The average Bonchev–Trinajstić information content (AvgIpc) is 2.91. The fraction of sp³-hybridized carbons (Fsp3) is 0.200. The Balaban J connectivity index is 2.26. The summed E-state index contributed by atoms with van der Waals surface area (Å²) in [7, 11) is 2.86. The van der Waals surface area contributed by atoms with Crippen molar-refractivity contribution in [2.24, 2.45) is 0 Å². The van der Waals surface area contributed by atoms with E-state index < -0.39 is 17.5 Å². The summed E-state index contributed by atoms with van der Waals surface area (Å²) in [4.78, 5) is 24.9. The van der Waals surface area contributed by atoms with Crippen LogP contribution in [0.15, 0.2) is 36.4 Å². The maximum atomic E-state index is 14.3. The van der Waals surface area contributed by atoms with Crippen LogP contribution < -0.4 is 10.1 Å². The van der Waals surface area contributed by atoms with E-state index in [0.29, 0.717) is 22.2 Å². The lowest BCUT2D eigenvalue weighted by molar-refractivity contribution is -0.119. The number of methoxy groups -OCH3 is 1. The van der Waals surface area contributed by atoms with Crippen molar-refractivity contribution >= 4 is 22.7 Å². The van der Waals surface area contributed by atoms with Gasteiger partial charge in [0.1, 0.15) is 5.82 Å². The molecule has 0 aliphatic heterocycles. The average molecular weight is 372 g/mol. The summed E-state index contributed by atoms with van der Waals surface area (Å²) in [5.41, 5.74) is 1.67. The van der Waals surface area contributed by atoms with E-state index in [2.05, 4.69) is 5.32 Å². The van der Waals surface area contributed by atoms with Crippen molar-refractivity contribution in [3.05, 3.63) is 64.9 Å². The van der Waals surface area contributed by atoms with Gasteiger partial charge in [-0.1, -0.05) is 0 Å². The van der Waals surface area contributed by atoms with Gasteiger partial charge in [-0.25, -0.2) is 8.78 Å². The smallest absolute Gasteiger partial charge is 0.262 e. The van der Waals surface area contributed by atoms with Crippen LogP contribution in [-0.2, 0) is 11.2 Å². The fourth-order valence-electron chi connectivity index (χ4n) is 3.09. The van der Waals surface area contributed by atoms with Gasteiger partial charge in [0, 0.05) is 29.8 Å². The van der Waals surface area contributed by atoms with Crippen LogP contribution >= 0.6 is 0 Å². The number of hydrogen-bond donors (Lipinski definition) is 1. The van der Waals surface area contributed by atoms with Crippen LogP contribution in [0.3, 0.4) is 0 Å². The van der Waals surface area contributed by atoms with Crippen LogP contribution in [-0.4, -0.2) is 30.5 Å². The molecular formula is C20H18F2N2O3. The second kappa shape index (κ2) is 7.19. The lowest BCUT2D eigenvalue weighted by atomic mass is 10.1. The van der Waals surface area contributed by atoms with Crippen LogP contribution in [0.4, 0.5) is 8.78 Å². The van der Waals surface area contributed by atoms with E-state index in [1.807, 2.05) is 0 Å². The number of fused-ring (bicyclic) bond motifs is 1. The number of benzene rings is 2. The number of carbonyl (C=O) groups excluding carboxylic acids is 2. The topological polar surface area (TPSA) is 60.3 Å². The summed E-state index contributed by atoms with van der Waals surface area (Å²) in [6.07, 6.45) is 0.0251. The number of nitrogens with one attached hydrogen (secondary N) is 1. The lowest BCUT2D eigenvalue weighted by Crippen LogP contribution is -2.20. The molecule has 1 heterocycles. The first kappa shape index (κ1) is 18.6. The van der Waals surface area contributed by atoms with Gasteiger partial charge >= 0.3 is 0 Å². The highest BCUT2D eigenvalue weighted by Crippen LogP contribution is 2.32. The van der Waals surface area contributed by atoms with Gasteiger partial charge in [0.15, 0.2) is 11.6 Å². The number of carbonyl (C=O) groups is 2. The molecule has 140 valence electrons. The lowest BCUT2D eigenvalue weighted by Gasteiger charge is -2.08. The van der Waals surface area contributed by atoms with E-state index in [0.717, 1.165) is 0 Å². The Morgan fingerprint density at radius 1 is 1.15 bits per heavy atom. The summed E-state index contributed by atoms with van der Waals surface area (Å²) in [6, 6.07) is 7.77. The molecule has 1 amide bonds.